The number of amides is 1. The van der Waals surface area contributed by atoms with Crippen molar-refractivity contribution in [2.75, 3.05) is 11.9 Å². The fourth-order valence-corrected chi connectivity index (χ4v) is 5.32. The number of nitrogens with zero attached hydrogens (tertiary/aromatic N) is 3. The van der Waals surface area contributed by atoms with Crippen molar-refractivity contribution in [3.63, 3.8) is 0 Å². The molecule has 2 aromatic heterocycles. The molecule has 0 radical (unpaired) electrons. The molecule has 0 saturated carbocycles. The fraction of sp³-hybridized carbons (Fsp3) is 0.200. The first-order valence-corrected chi connectivity index (χ1v) is 13.2. The number of carbonyl (C=O) groups excluding carboxylic acids is 1. The van der Waals surface area contributed by atoms with Gasteiger partial charge in [0.1, 0.15) is 0 Å². The molecule has 198 valence electrons. The quantitative estimate of drug-likeness (QED) is 0.254. The van der Waals surface area contributed by atoms with E-state index in [4.69, 9.17) is 12.2 Å². The third-order valence-electron chi connectivity index (χ3n) is 6.93. The standard InChI is InChI=1S/C30H29N5O3S/c1-2-20-8-3-4-9-23(20)32-26(36)16-19-35-28(27(33-30(35)39)24-10-5-6-17-31-24)25-11-7-18-34(25)22-14-12-21(13-15-22)29(37)38/h3-15,17-18,27-28H,2,16,19H2,1H3,(H,32,36)(H,33,39)(H,37,38)/t27-,28-/m1/s1. The molecule has 1 fully saturated rings. The Morgan fingerprint density at radius 2 is 1.79 bits per heavy atom. The molecule has 1 aliphatic heterocycles. The Balaban J connectivity index is 1.44. The third-order valence-corrected chi connectivity index (χ3v) is 7.28. The SMILES string of the molecule is CCc1ccccc1NC(=O)CCN1C(=S)N[C@H](c2ccccn2)[C@H]1c1cccn1-c1ccc(C(=O)O)cc1. The van der Waals surface area contributed by atoms with E-state index in [0.29, 0.717) is 11.7 Å². The summed E-state index contributed by atoms with van der Waals surface area (Å²) in [6.45, 7) is 2.47. The van der Waals surface area contributed by atoms with Crippen molar-refractivity contribution in [2.24, 2.45) is 0 Å². The summed E-state index contributed by atoms with van der Waals surface area (Å²) in [6.07, 6.45) is 4.77. The molecule has 1 saturated heterocycles. The van der Waals surface area contributed by atoms with Gasteiger partial charge in [0.05, 0.1) is 23.3 Å². The largest absolute Gasteiger partial charge is 0.478 e. The number of pyridine rings is 1. The highest BCUT2D eigenvalue weighted by Gasteiger charge is 2.41. The molecule has 1 aliphatic rings. The first kappa shape index (κ1) is 26.1. The molecular weight excluding hydrogens is 510 g/mol. The van der Waals surface area contributed by atoms with Crippen molar-refractivity contribution in [3.8, 4) is 5.69 Å². The van der Waals surface area contributed by atoms with Crippen LogP contribution in [0.15, 0.2) is 91.3 Å². The van der Waals surface area contributed by atoms with Gasteiger partial charge in [0.2, 0.25) is 5.91 Å². The zero-order valence-corrected chi connectivity index (χ0v) is 22.3. The second kappa shape index (κ2) is 11.5. The normalized spacial score (nSPS) is 16.6. The predicted molar refractivity (Wildman–Crippen MR) is 154 cm³/mol. The molecule has 39 heavy (non-hydrogen) atoms. The highest BCUT2D eigenvalue weighted by molar-refractivity contribution is 7.80. The maximum atomic E-state index is 13.0. The summed E-state index contributed by atoms with van der Waals surface area (Å²) >= 11 is 5.78. The minimum Gasteiger partial charge on any atom is -0.478 e. The summed E-state index contributed by atoms with van der Waals surface area (Å²) in [4.78, 5) is 31.0. The summed E-state index contributed by atoms with van der Waals surface area (Å²) in [5.41, 5.74) is 4.74. The predicted octanol–water partition coefficient (Wildman–Crippen LogP) is 5.13. The molecule has 1 amide bonds. The summed E-state index contributed by atoms with van der Waals surface area (Å²) < 4.78 is 2.02. The van der Waals surface area contributed by atoms with Gasteiger partial charge in [-0.05, 0) is 78.8 Å². The van der Waals surface area contributed by atoms with E-state index in [1.807, 2.05) is 70.3 Å². The Labute approximate surface area is 232 Å². The number of aryl methyl sites for hydroxylation is 1. The second-order valence-corrected chi connectivity index (χ2v) is 9.67. The number of benzene rings is 2. The molecule has 0 unspecified atom stereocenters. The summed E-state index contributed by atoms with van der Waals surface area (Å²) in [7, 11) is 0. The number of carboxylic acids is 1. The number of carbonyl (C=O) groups is 2. The van der Waals surface area contributed by atoms with Crippen molar-refractivity contribution in [1.82, 2.24) is 19.8 Å². The van der Waals surface area contributed by atoms with E-state index in [0.717, 1.165) is 34.7 Å². The number of anilines is 1. The third kappa shape index (κ3) is 5.53. The monoisotopic (exact) mass is 539 g/mol. The molecule has 9 heteroatoms. The highest BCUT2D eigenvalue weighted by atomic mass is 32.1. The van der Waals surface area contributed by atoms with Gasteiger partial charge in [-0.15, -0.1) is 0 Å². The number of hydrogen-bond donors (Lipinski definition) is 3. The molecule has 0 bridgehead atoms. The first-order valence-electron chi connectivity index (χ1n) is 12.8. The van der Waals surface area contributed by atoms with Crippen LogP contribution in [0.25, 0.3) is 5.69 Å². The van der Waals surface area contributed by atoms with E-state index in [2.05, 4.69) is 22.5 Å². The molecule has 4 aromatic rings. The van der Waals surface area contributed by atoms with Crippen LogP contribution < -0.4 is 10.6 Å². The number of aromatic nitrogens is 2. The van der Waals surface area contributed by atoms with Crippen LogP contribution in [0.4, 0.5) is 5.69 Å². The lowest BCUT2D eigenvalue weighted by atomic mass is 10.0. The van der Waals surface area contributed by atoms with Crippen LogP contribution in [0.1, 0.15) is 52.7 Å². The number of carboxylic acid groups (broad SMARTS) is 1. The van der Waals surface area contributed by atoms with Crippen molar-refractivity contribution in [2.45, 2.75) is 31.8 Å². The molecular formula is C30H29N5O3S. The molecule has 3 heterocycles. The van der Waals surface area contributed by atoms with Crippen molar-refractivity contribution in [3.05, 3.63) is 114 Å². The number of nitrogens with one attached hydrogen (secondary N) is 2. The Kier molecular flexibility index (Phi) is 7.69. The minimum absolute atomic E-state index is 0.0848. The lowest BCUT2D eigenvalue weighted by Crippen LogP contribution is -2.33. The topological polar surface area (TPSA) is 99.5 Å². The summed E-state index contributed by atoms with van der Waals surface area (Å²) in [5, 5.41) is 16.3. The Bertz CT molecular complexity index is 1490. The zero-order chi connectivity index (χ0) is 27.4. The number of hydrogen-bond acceptors (Lipinski definition) is 4. The lowest BCUT2D eigenvalue weighted by molar-refractivity contribution is -0.116. The van der Waals surface area contributed by atoms with E-state index in [1.54, 1.807) is 30.5 Å². The van der Waals surface area contributed by atoms with Gasteiger partial charge in [0, 0.05) is 42.4 Å². The Morgan fingerprint density at radius 1 is 1.03 bits per heavy atom. The van der Waals surface area contributed by atoms with Gasteiger partial charge in [0.25, 0.3) is 0 Å². The smallest absolute Gasteiger partial charge is 0.335 e. The van der Waals surface area contributed by atoms with Crippen LogP contribution in [-0.4, -0.2) is 43.1 Å². The fourth-order valence-electron chi connectivity index (χ4n) is 4.99. The van der Waals surface area contributed by atoms with Crippen LogP contribution in [-0.2, 0) is 11.2 Å². The molecule has 3 N–H and O–H groups in total. The highest BCUT2D eigenvalue weighted by Crippen LogP contribution is 2.39. The summed E-state index contributed by atoms with van der Waals surface area (Å²) in [6, 6.07) is 23.8. The van der Waals surface area contributed by atoms with E-state index < -0.39 is 5.97 Å². The van der Waals surface area contributed by atoms with Crippen LogP contribution >= 0.6 is 12.2 Å². The second-order valence-electron chi connectivity index (χ2n) is 9.28. The minimum atomic E-state index is -0.971. The number of para-hydroxylation sites is 1. The van der Waals surface area contributed by atoms with Crippen molar-refractivity contribution >= 4 is 34.9 Å². The van der Waals surface area contributed by atoms with Gasteiger partial charge in [-0.25, -0.2) is 4.79 Å². The van der Waals surface area contributed by atoms with Crippen molar-refractivity contribution in [1.29, 1.82) is 0 Å². The van der Waals surface area contributed by atoms with Gasteiger partial charge >= 0.3 is 5.97 Å². The number of thiocarbonyl (C=S) groups is 1. The van der Waals surface area contributed by atoms with Crippen LogP contribution in [0.5, 0.6) is 0 Å². The van der Waals surface area contributed by atoms with Gasteiger partial charge in [-0.1, -0.05) is 31.2 Å². The lowest BCUT2D eigenvalue weighted by Gasteiger charge is -2.29. The van der Waals surface area contributed by atoms with Gasteiger partial charge in [-0.3, -0.25) is 9.78 Å². The van der Waals surface area contributed by atoms with Crippen LogP contribution in [0.3, 0.4) is 0 Å². The molecule has 2 aromatic carbocycles. The van der Waals surface area contributed by atoms with E-state index in [-0.39, 0.29) is 30.0 Å². The maximum Gasteiger partial charge on any atom is 0.335 e. The maximum absolute atomic E-state index is 13.0. The Hall–Kier alpha value is -4.50. The van der Waals surface area contributed by atoms with Crippen LogP contribution in [0.2, 0.25) is 0 Å². The first-order chi connectivity index (χ1) is 19.0. The molecule has 0 aliphatic carbocycles. The number of rotatable bonds is 9. The molecule has 8 nitrogen and oxygen atoms in total. The molecule has 5 rings (SSSR count). The van der Waals surface area contributed by atoms with E-state index in [1.165, 1.54) is 0 Å². The number of aromatic carboxylic acids is 1. The summed E-state index contributed by atoms with van der Waals surface area (Å²) in [5.74, 6) is -1.06. The molecule has 0 spiro atoms. The van der Waals surface area contributed by atoms with Crippen LogP contribution in [0, 0.1) is 0 Å². The van der Waals surface area contributed by atoms with Gasteiger partial charge < -0.3 is 25.2 Å². The zero-order valence-electron chi connectivity index (χ0n) is 21.4. The molecule has 2 atom stereocenters. The van der Waals surface area contributed by atoms with Crippen molar-refractivity contribution < 1.29 is 14.7 Å². The van der Waals surface area contributed by atoms with Gasteiger partial charge in [0.15, 0.2) is 5.11 Å². The van der Waals surface area contributed by atoms with Gasteiger partial charge in [-0.2, -0.15) is 0 Å². The Morgan fingerprint density at radius 3 is 2.51 bits per heavy atom. The average Bonchev–Trinajstić information content (AvgIpc) is 3.57. The van der Waals surface area contributed by atoms with E-state index >= 15 is 0 Å². The average molecular weight is 540 g/mol. The van der Waals surface area contributed by atoms with E-state index in [9.17, 15) is 14.7 Å².